The van der Waals surface area contributed by atoms with Gasteiger partial charge in [0.2, 0.25) is 11.8 Å². The molecule has 3 rings (SSSR count). The molecule has 1 aromatic heterocycles. The lowest BCUT2D eigenvalue weighted by Gasteiger charge is -2.09. The second-order valence-corrected chi connectivity index (χ2v) is 7.66. The highest BCUT2D eigenvalue weighted by molar-refractivity contribution is 9.10. The van der Waals surface area contributed by atoms with Gasteiger partial charge < -0.3 is 9.73 Å². The van der Waals surface area contributed by atoms with Gasteiger partial charge in [0.05, 0.1) is 17.9 Å². The third-order valence-electron chi connectivity index (χ3n) is 3.83. The van der Waals surface area contributed by atoms with Crippen molar-refractivity contribution in [3.05, 3.63) is 69.5 Å². The normalized spacial score (nSPS) is 10.7. The number of benzene rings is 2. The summed E-state index contributed by atoms with van der Waals surface area (Å²) in [6.07, 6.45) is 0.580. The van der Waals surface area contributed by atoms with Crippen molar-refractivity contribution in [2.24, 2.45) is 0 Å². The van der Waals surface area contributed by atoms with Crippen LogP contribution < -0.4 is 5.32 Å². The highest BCUT2D eigenvalue weighted by Crippen LogP contribution is 2.26. The molecule has 134 valence electrons. The van der Waals surface area contributed by atoms with Crippen LogP contribution in [0.5, 0.6) is 0 Å². The van der Waals surface area contributed by atoms with Gasteiger partial charge >= 0.3 is 0 Å². The molecule has 0 spiro atoms. The number of amides is 1. The number of aryl methyl sites for hydroxylation is 2. The minimum absolute atomic E-state index is 0.123. The Morgan fingerprint density at radius 1 is 1.15 bits per heavy atom. The summed E-state index contributed by atoms with van der Waals surface area (Å²) in [6.45, 7) is 4.04. The van der Waals surface area contributed by atoms with Gasteiger partial charge in [0.25, 0.3) is 5.22 Å². The van der Waals surface area contributed by atoms with Crippen molar-refractivity contribution >= 4 is 39.3 Å². The molecule has 0 bridgehead atoms. The molecule has 0 aliphatic rings. The third kappa shape index (κ3) is 4.95. The number of rotatable bonds is 6. The van der Waals surface area contributed by atoms with E-state index < -0.39 is 0 Å². The molecule has 1 heterocycles. The zero-order valence-corrected chi connectivity index (χ0v) is 16.9. The maximum atomic E-state index is 12.2. The number of nitrogens with one attached hydrogen (secondary N) is 1. The Labute approximate surface area is 164 Å². The lowest BCUT2D eigenvalue weighted by Crippen LogP contribution is -2.14. The molecular weight excluding hydrogens is 414 g/mol. The molecule has 1 amide bonds. The van der Waals surface area contributed by atoms with Crippen LogP contribution in [0.2, 0.25) is 0 Å². The molecule has 0 radical (unpaired) electrons. The number of anilines is 1. The monoisotopic (exact) mass is 431 g/mol. The van der Waals surface area contributed by atoms with Crippen molar-refractivity contribution in [3.63, 3.8) is 0 Å². The fourth-order valence-electron chi connectivity index (χ4n) is 2.33. The molecule has 5 nitrogen and oxygen atoms in total. The van der Waals surface area contributed by atoms with Gasteiger partial charge in [-0.05, 0) is 58.6 Å². The lowest BCUT2D eigenvalue weighted by molar-refractivity contribution is -0.113. The van der Waals surface area contributed by atoms with Crippen LogP contribution >= 0.6 is 27.7 Å². The van der Waals surface area contributed by atoms with E-state index in [1.54, 1.807) is 0 Å². The first kappa shape index (κ1) is 18.7. The first-order valence-electron chi connectivity index (χ1n) is 8.07. The molecule has 0 saturated heterocycles. The van der Waals surface area contributed by atoms with Crippen LogP contribution in [0.3, 0.4) is 0 Å². The summed E-state index contributed by atoms with van der Waals surface area (Å²) < 4.78 is 6.46. The molecule has 0 saturated carbocycles. The fourth-order valence-corrected chi connectivity index (χ4v) is 3.47. The second-order valence-electron chi connectivity index (χ2n) is 5.88. The van der Waals surface area contributed by atoms with E-state index in [0.717, 1.165) is 21.3 Å². The van der Waals surface area contributed by atoms with Crippen LogP contribution in [0.1, 0.15) is 22.6 Å². The number of hydrogen-bond acceptors (Lipinski definition) is 5. The molecule has 0 unspecified atom stereocenters. The van der Waals surface area contributed by atoms with E-state index in [9.17, 15) is 4.79 Å². The maximum Gasteiger partial charge on any atom is 0.277 e. The van der Waals surface area contributed by atoms with Crippen molar-refractivity contribution in [2.75, 3.05) is 11.1 Å². The summed E-state index contributed by atoms with van der Waals surface area (Å²) in [4.78, 5) is 12.2. The van der Waals surface area contributed by atoms with Crippen LogP contribution in [0.25, 0.3) is 0 Å². The number of thioether (sulfide) groups is 1. The van der Waals surface area contributed by atoms with E-state index in [4.69, 9.17) is 4.42 Å². The molecule has 0 aliphatic carbocycles. The number of halogens is 1. The van der Waals surface area contributed by atoms with Gasteiger partial charge in [-0.25, -0.2) is 0 Å². The van der Waals surface area contributed by atoms with Crippen LogP contribution in [0.15, 0.2) is 56.6 Å². The van der Waals surface area contributed by atoms with Crippen molar-refractivity contribution in [1.82, 2.24) is 10.2 Å². The minimum atomic E-state index is -0.123. The average molecular weight is 432 g/mol. The minimum Gasteiger partial charge on any atom is -0.416 e. The molecule has 0 fully saturated rings. The van der Waals surface area contributed by atoms with Gasteiger partial charge in [-0.15, -0.1) is 10.2 Å². The molecular formula is C19H18BrN3O2S. The summed E-state index contributed by atoms with van der Waals surface area (Å²) in [5.41, 5.74) is 4.15. The van der Waals surface area contributed by atoms with E-state index in [-0.39, 0.29) is 11.7 Å². The number of carbonyl (C=O) groups is 1. The van der Waals surface area contributed by atoms with Gasteiger partial charge in [-0.1, -0.05) is 42.1 Å². The molecule has 3 aromatic rings. The Hall–Kier alpha value is -2.12. The lowest BCUT2D eigenvalue weighted by atomic mass is 10.1. The second kappa shape index (κ2) is 8.51. The van der Waals surface area contributed by atoms with Gasteiger partial charge in [0.1, 0.15) is 0 Å². The Kier molecular flexibility index (Phi) is 6.11. The average Bonchev–Trinajstić information content (AvgIpc) is 3.06. The standard InChI is InChI=1S/C19H18BrN3O2S/c1-12-8-15(20)16(9-13(12)2)21-17(24)11-26-19-23-22-18(25-19)10-14-6-4-3-5-7-14/h3-9H,10-11H2,1-2H3,(H,21,24). The van der Waals surface area contributed by atoms with E-state index in [2.05, 4.69) is 31.4 Å². The van der Waals surface area contributed by atoms with Gasteiger partial charge in [0, 0.05) is 4.47 Å². The molecule has 0 aliphatic heterocycles. The summed E-state index contributed by atoms with van der Waals surface area (Å²) in [5.74, 6) is 0.615. The molecule has 7 heteroatoms. The number of carbonyl (C=O) groups excluding carboxylic acids is 1. The quantitative estimate of drug-likeness (QED) is 0.569. The van der Waals surface area contributed by atoms with Crippen LogP contribution in [0.4, 0.5) is 5.69 Å². The van der Waals surface area contributed by atoms with Crippen LogP contribution in [-0.4, -0.2) is 21.9 Å². The van der Waals surface area contributed by atoms with Crippen molar-refractivity contribution in [3.8, 4) is 0 Å². The Bertz CT molecular complexity index is 912. The zero-order valence-electron chi connectivity index (χ0n) is 14.5. The van der Waals surface area contributed by atoms with E-state index in [1.807, 2.05) is 56.3 Å². The summed E-state index contributed by atoms with van der Waals surface area (Å²) in [7, 11) is 0. The van der Waals surface area contributed by atoms with Crippen LogP contribution in [0, 0.1) is 13.8 Å². The van der Waals surface area contributed by atoms with Crippen molar-refractivity contribution < 1.29 is 9.21 Å². The molecule has 0 atom stereocenters. The van der Waals surface area contributed by atoms with E-state index in [0.29, 0.717) is 17.5 Å². The van der Waals surface area contributed by atoms with Crippen molar-refractivity contribution in [1.29, 1.82) is 0 Å². The molecule has 2 aromatic carbocycles. The maximum absolute atomic E-state index is 12.2. The first-order valence-corrected chi connectivity index (χ1v) is 9.85. The highest BCUT2D eigenvalue weighted by atomic mass is 79.9. The van der Waals surface area contributed by atoms with E-state index >= 15 is 0 Å². The fraction of sp³-hybridized carbons (Fsp3) is 0.211. The van der Waals surface area contributed by atoms with Crippen LogP contribution in [-0.2, 0) is 11.2 Å². The Morgan fingerprint density at radius 2 is 1.88 bits per heavy atom. The number of aromatic nitrogens is 2. The Morgan fingerprint density at radius 3 is 2.65 bits per heavy atom. The predicted molar refractivity (Wildman–Crippen MR) is 107 cm³/mol. The number of nitrogens with zero attached hydrogens (tertiary/aromatic N) is 2. The van der Waals surface area contributed by atoms with Gasteiger partial charge in [-0.2, -0.15) is 0 Å². The van der Waals surface area contributed by atoms with Gasteiger partial charge in [-0.3, -0.25) is 4.79 Å². The van der Waals surface area contributed by atoms with E-state index in [1.165, 1.54) is 17.3 Å². The Balaban J connectivity index is 1.54. The largest absolute Gasteiger partial charge is 0.416 e. The summed E-state index contributed by atoms with van der Waals surface area (Å²) in [6, 6.07) is 13.9. The third-order valence-corrected chi connectivity index (χ3v) is 5.31. The van der Waals surface area contributed by atoms with Crippen molar-refractivity contribution in [2.45, 2.75) is 25.5 Å². The highest BCUT2D eigenvalue weighted by Gasteiger charge is 2.12. The predicted octanol–water partition coefficient (Wildman–Crippen LogP) is 4.77. The summed E-state index contributed by atoms with van der Waals surface area (Å²) >= 11 is 4.70. The molecule has 1 N–H and O–H groups in total. The smallest absolute Gasteiger partial charge is 0.277 e. The molecule has 26 heavy (non-hydrogen) atoms. The first-order chi connectivity index (χ1) is 12.5. The summed E-state index contributed by atoms with van der Waals surface area (Å²) in [5, 5.41) is 11.3. The van der Waals surface area contributed by atoms with Gasteiger partial charge in [0.15, 0.2) is 0 Å². The SMILES string of the molecule is Cc1cc(Br)c(NC(=O)CSc2nnc(Cc3ccccc3)o2)cc1C. The zero-order chi connectivity index (χ0) is 18.5. The number of hydrogen-bond donors (Lipinski definition) is 1. The topological polar surface area (TPSA) is 68.0 Å².